The Morgan fingerprint density at radius 3 is 2.66 bits per heavy atom. The van der Waals surface area contributed by atoms with Crippen LogP contribution in [0.25, 0.3) is 6.08 Å². The molecule has 29 heavy (non-hydrogen) atoms. The summed E-state index contributed by atoms with van der Waals surface area (Å²) in [6.45, 7) is 2.27. The van der Waals surface area contributed by atoms with E-state index in [1.165, 1.54) is 32.3 Å². The van der Waals surface area contributed by atoms with Crippen molar-refractivity contribution in [3.63, 3.8) is 0 Å². The van der Waals surface area contributed by atoms with Crippen molar-refractivity contribution in [3.05, 3.63) is 48.0 Å². The van der Waals surface area contributed by atoms with Crippen molar-refractivity contribution in [3.8, 4) is 17.2 Å². The molecule has 1 heterocycles. The van der Waals surface area contributed by atoms with E-state index in [2.05, 4.69) is 5.32 Å². The maximum absolute atomic E-state index is 12.6. The molecule has 1 N–H and O–H groups in total. The van der Waals surface area contributed by atoms with Gasteiger partial charge in [0.2, 0.25) is 22.7 Å². The van der Waals surface area contributed by atoms with Crippen LogP contribution < -0.4 is 19.5 Å². The monoisotopic (exact) mass is 418 g/mol. The lowest BCUT2D eigenvalue weighted by Crippen LogP contribution is -2.23. The third-order valence-electron chi connectivity index (χ3n) is 4.09. The van der Waals surface area contributed by atoms with E-state index in [9.17, 15) is 13.2 Å². The lowest BCUT2D eigenvalue weighted by Gasteiger charge is -2.16. The van der Waals surface area contributed by atoms with Crippen LogP contribution in [-0.4, -0.2) is 46.1 Å². The third-order valence-corrected chi connectivity index (χ3v) is 5.93. The summed E-state index contributed by atoms with van der Waals surface area (Å²) in [7, 11) is -0.866. The van der Waals surface area contributed by atoms with Crippen LogP contribution >= 0.6 is 0 Å². The largest absolute Gasteiger partial charge is 0.492 e. The maximum atomic E-state index is 12.6. The van der Waals surface area contributed by atoms with Crippen LogP contribution in [0.4, 0.5) is 5.69 Å². The fourth-order valence-corrected chi connectivity index (χ4v) is 3.68. The zero-order valence-electron chi connectivity index (χ0n) is 16.3. The summed E-state index contributed by atoms with van der Waals surface area (Å²) in [5.41, 5.74) is 1.11. The van der Waals surface area contributed by atoms with Crippen LogP contribution in [-0.2, 0) is 14.8 Å². The number of ether oxygens (including phenoxy) is 3. The Morgan fingerprint density at radius 1 is 1.17 bits per heavy atom. The lowest BCUT2D eigenvalue weighted by atomic mass is 10.2. The van der Waals surface area contributed by atoms with Crippen LogP contribution in [0.15, 0.2) is 47.4 Å². The zero-order chi connectivity index (χ0) is 21.0. The topological polar surface area (TPSA) is 94.2 Å². The highest BCUT2D eigenvalue weighted by Crippen LogP contribution is 2.33. The molecule has 1 amide bonds. The molecule has 2 aromatic rings. The van der Waals surface area contributed by atoms with Gasteiger partial charge in [-0.3, -0.25) is 4.79 Å². The molecular weight excluding hydrogens is 396 g/mol. The van der Waals surface area contributed by atoms with Crippen LogP contribution in [0.3, 0.4) is 0 Å². The molecule has 0 unspecified atom stereocenters. The van der Waals surface area contributed by atoms with Crippen molar-refractivity contribution >= 4 is 27.7 Å². The minimum Gasteiger partial charge on any atom is -0.492 e. The molecule has 1 aliphatic rings. The molecule has 0 spiro atoms. The first kappa shape index (κ1) is 20.7. The summed E-state index contributed by atoms with van der Waals surface area (Å²) in [6, 6.07) is 9.83. The lowest BCUT2D eigenvalue weighted by molar-refractivity contribution is -0.111. The van der Waals surface area contributed by atoms with Crippen molar-refractivity contribution in [1.29, 1.82) is 0 Å². The van der Waals surface area contributed by atoms with Crippen molar-refractivity contribution in [2.75, 3.05) is 32.8 Å². The minimum absolute atomic E-state index is 0.0121. The Kier molecular flexibility index (Phi) is 6.09. The highest BCUT2D eigenvalue weighted by molar-refractivity contribution is 7.89. The van der Waals surface area contributed by atoms with E-state index in [1.807, 2.05) is 0 Å². The number of carbonyl (C=O) groups is 1. The van der Waals surface area contributed by atoms with Crippen LogP contribution in [0.5, 0.6) is 17.2 Å². The van der Waals surface area contributed by atoms with E-state index >= 15 is 0 Å². The van der Waals surface area contributed by atoms with Gasteiger partial charge in [-0.15, -0.1) is 0 Å². The number of nitrogens with one attached hydrogen (secondary N) is 1. The van der Waals surface area contributed by atoms with Crippen molar-refractivity contribution < 1.29 is 27.4 Å². The van der Waals surface area contributed by atoms with Crippen LogP contribution in [0.2, 0.25) is 0 Å². The number of rotatable bonds is 7. The summed E-state index contributed by atoms with van der Waals surface area (Å²) >= 11 is 0. The molecule has 0 fully saturated rings. The summed E-state index contributed by atoms with van der Waals surface area (Å²) in [4.78, 5) is 12.3. The Morgan fingerprint density at radius 2 is 1.93 bits per heavy atom. The number of hydrogen-bond donors (Lipinski definition) is 1. The Bertz CT molecular complexity index is 1050. The fourth-order valence-electron chi connectivity index (χ4n) is 2.63. The smallest absolute Gasteiger partial charge is 0.248 e. The molecule has 3 rings (SSSR count). The number of benzene rings is 2. The zero-order valence-corrected chi connectivity index (χ0v) is 17.2. The maximum Gasteiger partial charge on any atom is 0.248 e. The van der Waals surface area contributed by atoms with Gasteiger partial charge in [-0.2, -0.15) is 0 Å². The number of hydrogen-bond acceptors (Lipinski definition) is 6. The van der Waals surface area contributed by atoms with Crippen molar-refractivity contribution in [2.24, 2.45) is 0 Å². The van der Waals surface area contributed by atoms with Gasteiger partial charge in [0.15, 0.2) is 11.5 Å². The average molecular weight is 418 g/mol. The molecular formula is C20H22N2O6S. The van der Waals surface area contributed by atoms with E-state index in [-0.39, 0.29) is 17.4 Å². The predicted molar refractivity (Wildman–Crippen MR) is 109 cm³/mol. The van der Waals surface area contributed by atoms with Gasteiger partial charge in [-0.05, 0) is 48.9 Å². The molecule has 154 valence electrons. The first-order valence-corrected chi connectivity index (χ1v) is 10.3. The first-order valence-electron chi connectivity index (χ1n) is 8.89. The Hall–Kier alpha value is -3.04. The van der Waals surface area contributed by atoms with E-state index in [1.54, 1.807) is 37.3 Å². The average Bonchev–Trinajstić information content (AvgIpc) is 3.15. The molecule has 0 bridgehead atoms. The van der Waals surface area contributed by atoms with E-state index in [4.69, 9.17) is 14.2 Å². The van der Waals surface area contributed by atoms with Crippen LogP contribution in [0.1, 0.15) is 12.5 Å². The molecule has 8 nitrogen and oxygen atoms in total. The number of nitrogens with zero attached hydrogens (tertiary/aromatic N) is 1. The molecule has 0 saturated heterocycles. The quantitative estimate of drug-likeness (QED) is 0.695. The molecule has 2 aromatic carbocycles. The molecule has 9 heteroatoms. The molecule has 0 radical (unpaired) electrons. The van der Waals surface area contributed by atoms with Crippen LogP contribution in [0, 0.1) is 0 Å². The van der Waals surface area contributed by atoms with Gasteiger partial charge in [-0.25, -0.2) is 12.7 Å². The normalized spacial score (nSPS) is 13.1. The molecule has 1 aliphatic heterocycles. The van der Waals surface area contributed by atoms with E-state index < -0.39 is 15.9 Å². The highest BCUT2D eigenvalue weighted by Gasteiger charge is 2.23. The third kappa shape index (κ3) is 4.69. The van der Waals surface area contributed by atoms with Gasteiger partial charge in [0.05, 0.1) is 6.61 Å². The second-order valence-electron chi connectivity index (χ2n) is 6.32. The highest BCUT2D eigenvalue weighted by atomic mass is 32.2. The second kappa shape index (κ2) is 8.54. The van der Waals surface area contributed by atoms with Gasteiger partial charge in [0.1, 0.15) is 10.6 Å². The van der Waals surface area contributed by atoms with E-state index in [0.29, 0.717) is 23.8 Å². The predicted octanol–water partition coefficient (Wildman–Crippen LogP) is 2.72. The summed E-state index contributed by atoms with van der Waals surface area (Å²) in [5.74, 6) is 1.11. The first-order chi connectivity index (χ1) is 13.8. The van der Waals surface area contributed by atoms with Gasteiger partial charge in [-0.1, -0.05) is 6.07 Å². The minimum atomic E-state index is -3.74. The molecule has 0 atom stereocenters. The molecule has 0 saturated carbocycles. The van der Waals surface area contributed by atoms with E-state index in [0.717, 1.165) is 9.87 Å². The number of sulfonamides is 1. The van der Waals surface area contributed by atoms with Gasteiger partial charge in [0.25, 0.3) is 0 Å². The summed E-state index contributed by atoms with van der Waals surface area (Å²) in [5, 5.41) is 2.67. The molecule has 0 aliphatic carbocycles. The van der Waals surface area contributed by atoms with Crippen molar-refractivity contribution in [2.45, 2.75) is 11.8 Å². The standard InChI is InChI=1S/C20H22N2O6S/c1-4-26-17-9-7-15(12-19(17)29(24,25)22(2)3)21-20(23)10-6-14-5-8-16-18(11-14)28-13-27-16/h5-12H,4,13H2,1-3H3,(H,21,23)/b10-6+. The SMILES string of the molecule is CCOc1ccc(NC(=O)/C=C/c2ccc3c(c2)OCO3)cc1S(=O)(=O)N(C)C. The van der Waals surface area contributed by atoms with Gasteiger partial charge < -0.3 is 19.5 Å². The van der Waals surface area contributed by atoms with Gasteiger partial charge in [0, 0.05) is 25.9 Å². The number of amides is 1. The summed E-state index contributed by atoms with van der Waals surface area (Å²) < 4.78 is 42.2. The Balaban J connectivity index is 1.78. The second-order valence-corrected chi connectivity index (χ2v) is 8.44. The van der Waals surface area contributed by atoms with Crippen molar-refractivity contribution in [1.82, 2.24) is 4.31 Å². The summed E-state index contributed by atoms with van der Waals surface area (Å²) in [6.07, 6.45) is 2.98. The number of fused-ring (bicyclic) bond motifs is 1. The van der Waals surface area contributed by atoms with Gasteiger partial charge >= 0.3 is 0 Å². The number of carbonyl (C=O) groups excluding carboxylic acids is 1. The molecule has 0 aromatic heterocycles. The Labute approximate surface area is 169 Å². The number of anilines is 1. The fraction of sp³-hybridized carbons (Fsp3) is 0.250.